The SMILES string of the molecule is CNC(CC(C)CC(C)C)c1ccncc1F. The van der Waals surface area contributed by atoms with Gasteiger partial charge in [-0.2, -0.15) is 0 Å². The van der Waals surface area contributed by atoms with Crippen LogP contribution in [0.1, 0.15) is 45.2 Å². The van der Waals surface area contributed by atoms with Crippen LogP contribution in [0.25, 0.3) is 0 Å². The summed E-state index contributed by atoms with van der Waals surface area (Å²) in [5.41, 5.74) is 0.720. The lowest BCUT2D eigenvalue weighted by molar-refractivity contribution is 0.361. The standard InChI is InChI=1S/C14H23FN2/c1-10(2)7-11(3)8-14(16-4)12-5-6-17-9-13(12)15/h5-6,9-11,14,16H,7-8H2,1-4H3. The van der Waals surface area contributed by atoms with E-state index in [1.807, 2.05) is 7.05 Å². The van der Waals surface area contributed by atoms with E-state index in [1.54, 1.807) is 12.3 Å². The average molecular weight is 238 g/mol. The second kappa shape index (κ2) is 6.70. The largest absolute Gasteiger partial charge is 0.313 e. The fourth-order valence-electron chi connectivity index (χ4n) is 2.37. The van der Waals surface area contributed by atoms with E-state index in [-0.39, 0.29) is 11.9 Å². The highest BCUT2D eigenvalue weighted by molar-refractivity contribution is 5.17. The Bertz CT molecular complexity index is 339. The first-order valence-electron chi connectivity index (χ1n) is 6.31. The van der Waals surface area contributed by atoms with Gasteiger partial charge in [-0.05, 0) is 37.8 Å². The molecule has 0 fully saturated rings. The second-order valence-electron chi connectivity index (χ2n) is 5.21. The number of hydrogen-bond donors (Lipinski definition) is 1. The Morgan fingerprint density at radius 3 is 2.53 bits per heavy atom. The van der Waals surface area contributed by atoms with Gasteiger partial charge in [-0.3, -0.25) is 4.98 Å². The van der Waals surface area contributed by atoms with E-state index in [9.17, 15) is 4.39 Å². The molecule has 0 aliphatic rings. The predicted molar refractivity (Wildman–Crippen MR) is 69.2 cm³/mol. The number of nitrogens with one attached hydrogen (secondary N) is 1. The van der Waals surface area contributed by atoms with Gasteiger partial charge in [0.05, 0.1) is 6.20 Å². The first-order valence-corrected chi connectivity index (χ1v) is 6.31. The van der Waals surface area contributed by atoms with Crippen molar-refractivity contribution in [2.75, 3.05) is 7.05 Å². The summed E-state index contributed by atoms with van der Waals surface area (Å²) in [4.78, 5) is 3.79. The molecular formula is C14H23FN2. The maximum absolute atomic E-state index is 13.6. The molecule has 1 aromatic heterocycles. The number of nitrogens with zero attached hydrogens (tertiary/aromatic N) is 1. The molecule has 0 amide bonds. The maximum atomic E-state index is 13.6. The molecule has 0 saturated carbocycles. The van der Waals surface area contributed by atoms with Gasteiger partial charge in [-0.25, -0.2) is 4.39 Å². The first-order chi connectivity index (χ1) is 8.04. The Kier molecular flexibility index (Phi) is 5.56. The Labute approximate surface area is 104 Å². The molecule has 1 heterocycles. The van der Waals surface area contributed by atoms with Gasteiger partial charge in [0.2, 0.25) is 0 Å². The van der Waals surface area contributed by atoms with Gasteiger partial charge in [-0.15, -0.1) is 0 Å². The highest BCUT2D eigenvalue weighted by Gasteiger charge is 2.17. The molecule has 2 unspecified atom stereocenters. The van der Waals surface area contributed by atoms with Crippen molar-refractivity contribution in [3.8, 4) is 0 Å². The number of halogens is 1. The zero-order chi connectivity index (χ0) is 12.8. The molecule has 0 aliphatic heterocycles. The second-order valence-corrected chi connectivity index (χ2v) is 5.21. The minimum Gasteiger partial charge on any atom is -0.313 e. The van der Waals surface area contributed by atoms with Gasteiger partial charge >= 0.3 is 0 Å². The van der Waals surface area contributed by atoms with Crippen LogP contribution in [0.15, 0.2) is 18.5 Å². The number of pyridine rings is 1. The lowest BCUT2D eigenvalue weighted by Gasteiger charge is -2.22. The molecule has 1 aromatic rings. The summed E-state index contributed by atoms with van der Waals surface area (Å²) in [6.45, 7) is 6.67. The molecule has 2 nitrogen and oxygen atoms in total. The van der Waals surface area contributed by atoms with Crippen molar-refractivity contribution in [3.63, 3.8) is 0 Å². The molecule has 3 heteroatoms. The number of rotatable bonds is 6. The van der Waals surface area contributed by atoms with E-state index in [4.69, 9.17) is 0 Å². The molecule has 0 aromatic carbocycles. The van der Waals surface area contributed by atoms with Crippen molar-refractivity contribution in [3.05, 3.63) is 29.8 Å². The molecule has 2 atom stereocenters. The summed E-state index contributed by atoms with van der Waals surface area (Å²) in [6, 6.07) is 1.84. The van der Waals surface area contributed by atoms with Crippen molar-refractivity contribution in [1.82, 2.24) is 10.3 Å². The lowest BCUT2D eigenvalue weighted by atomic mass is 9.90. The fourth-order valence-corrected chi connectivity index (χ4v) is 2.37. The van der Waals surface area contributed by atoms with Crippen molar-refractivity contribution < 1.29 is 4.39 Å². The van der Waals surface area contributed by atoms with Crippen LogP contribution in [0.2, 0.25) is 0 Å². The molecule has 1 rings (SSSR count). The first kappa shape index (κ1) is 14.1. The fraction of sp³-hybridized carbons (Fsp3) is 0.643. The zero-order valence-corrected chi connectivity index (χ0v) is 11.2. The number of aromatic nitrogens is 1. The third kappa shape index (κ3) is 4.43. The van der Waals surface area contributed by atoms with Crippen molar-refractivity contribution >= 4 is 0 Å². The minimum atomic E-state index is -0.219. The quantitative estimate of drug-likeness (QED) is 0.819. The Hall–Kier alpha value is -0.960. The Morgan fingerprint density at radius 1 is 1.29 bits per heavy atom. The predicted octanol–water partition coefficient (Wildman–Crippen LogP) is 3.55. The molecule has 0 saturated heterocycles. The van der Waals surface area contributed by atoms with Crippen molar-refractivity contribution in [2.24, 2.45) is 11.8 Å². The topological polar surface area (TPSA) is 24.9 Å². The van der Waals surface area contributed by atoms with Crippen LogP contribution in [0.4, 0.5) is 4.39 Å². The van der Waals surface area contributed by atoms with Crippen LogP contribution in [0.5, 0.6) is 0 Å². The molecular weight excluding hydrogens is 215 g/mol. The zero-order valence-electron chi connectivity index (χ0n) is 11.2. The molecule has 0 aliphatic carbocycles. The summed E-state index contributed by atoms with van der Waals surface area (Å²) in [5.74, 6) is 1.05. The summed E-state index contributed by atoms with van der Waals surface area (Å²) >= 11 is 0. The summed E-state index contributed by atoms with van der Waals surface area (Å²) in [5, 5.41) is 3.20. The van der Waals surface area contributed by atoms with Crippen LogP contribution in [-0.4, -0.2) is 12.0 Å². The summed E-state index contributed by atoms with van der Waals surface area (Å²) in [6.07, 6.45) is 5.06. The summed E-state index contributed by atoms with van der Waals surface area (Å²) < 4.78 is 13.6. The van der Waals surface area contributed by atoms with Gasteiger partial charge in [0.25, 0.3) is 0 Å². The van der Waals surface area contributed by atoms with Crippen LogP contribution >= 0.6 is 0 Å². The van der Waals surface area contributed by atoms with Crippen molar-refractivity contribution in [2.45, 2.75) is 39.7 Å². The highest BCUT2D eigenvalue weighted by Crippen LogP contribution is 2.26. The summed E-state index contributed by atoms with van der Waals surface area (Å²) in [7, 11) is 1.88. The smallest absolute Gasteiger partial charge is 0.146 e. The van der Waals surface area contributed by atoms with E-state index >= 15 is 0 Å². The monoisotopic (exact) mass is 238 g/mol. The molecule has 0 bridgehead atoms. The van der Waals surface area contributed by atoms with Crippen LogP contribution in [0.3, 0.4) is 0 Å². The molecule has 0 spiro atoms. The molecule has 1 N–H and O–H groups in total. The average Bonchev–Trinajstić information content (AvgIpc) is 2.26. The van der Waals surface area contributed by atoms with Gasteiger partial charge in [-0.1, -0.05) is 20.8 Å². The van der Waals surface area contributed by atoms with E-state index in [0.717, 1.165) is 12.0 Å². The van der Waals surface area contributed by atoms with Crippen LogP contribution < -0.4 is 5.32 Å². The Balaban J connectivity index is 2.69. The van der Waals surface area contributed by atoms with E-state index in [0.29, 0.717) is 11.8 Å². The normalized spacial score (nSPS) is 14.9. The third-order valence-electron chi connectivity index (χ3n) is 3.04. The van der Waals surface area contributed by atoms with E-state index in [1.165, 1.54) is 12.6 Å². The number of hydrogen-bond acceptors (Lipinski definition) is 2. The maximum Gasteiger partial charge on any atom is 0.146 e. The molecule has 0 radical (unpaired) electrons. The van der Waals surface area contributed by atoms with Crippen LogP contribution in [-0.2, 0) is 0 Å². The Morgan fingerprint density at radius 2 is 2.00 bits per heavy atom. The third-order valence-corrected chi connectivity index (χ3v) is 3.04. The van der Waals surface area contributed by atoms with Crippen LogP contribution in [0, 0.1) is 17.7 Å². The van der Waals surface area contributed by atoms with Crippen molar-refractivity contribution in [1.29, 1.82) is 0 Å². The van der Waals surface area contributed by atoms with E-state index in [2.05, 4.69) is 31.1 Å². The van der Waals surface area contributed by atoms with E-state index < -0.39 is 0 Å². The highest BCUT2D eigenvalue weighted by atomic mass is 19.1. The van der Waals surface area contributed by atoms with Gasteiger partial charge < -0.3 is 5.32 Å². The van der Waals surface area contributed by atoms with Gasteiger partial charge in [0.1, 0.15) is 5.82 Å². The lowest BCUT2D eigenvalue weighted by Crippen LogP contribution is -2.21. The van der Waals surface area contributed by atoms with Gasteiger partial charge in [0.15, 0.2) is 0 Å². The van der Waals surface area contributed by atoms with Gasteiger partial charge in [0, 0.05) is 17.8 Å². The molecule has 17 heavy (non-hydrogen) atoms. The minimum absolute atomic E-state index is 0.0757. The molecule has 96 valence electrons.